The largest absolute Gasteiger partial charge is 0.466 e. The van der Waals surface area contributed by atoms with Crippen LogP contribution in [0.25, 0.3) is 0 Å². The number of carbonyl (C=O) groups excluding carboxylic acids is 1. The maximum atomic E-state index is 12.1. The molecule has 2 aromatic rings. The summed E-state index contributed by atoms with van der Waals surface area (Å²) in [5, 5.41) is 14.1. The van der Waals surface area contributed by atoms with Crippen LogP contribution in [0.2, 0.25) is 0 Å². The highest BCUT2D eigenvalue weighted by Crippen LogP contribution is 2.37. The molecule has 0 spiro atoms. The summed E-state index contributed by atoms with van der Waals surface area (Å²) in [6.45, 7) is 7.68. The van der Waals surface area contributed by atoms with Crippen LogP contribution in [0.15, 0.2) is 23.8 Å². The molecule has 3 heterocycles. The molecule has 0 amide bonds. The molecule has 3 rings (SSSR count). The maximum Gasteiger partial charge on any atom is 0.353 e. The van der Waals surface area contributed by atoms with E-state index in [-0.39, 0.29) is 23.6 Å². The summed E-state index contributed by atoms with van der Waals surface area (Å²) in [4.78, 5) is 37.2. The van der Waals surface area contributed by atoms with Gasteiger partial charge < -0.3 is 14.5 Å². The van der Waals surface area contributed by atoms with Gasteiger partial charge in [-0.3, -0.25) is 14.9 Å². The van der Waals surface area contributed by atoms with Crippen LogP contribution in [0.5, 0.6) is 0 Å². The Balaban J connectivity index is 1.88. The van der Waals surface area contributed by atoms with Crippen molar-refractivity contribution in [1.29, 1.82) is 0 Å². The number of rotatable bonds is 8. The Labute approximate surface area is 179 Å². The van der Waals surface area contributed by atoms with Gasteiger partial charge in [0.2, 0.25) is 11.6 Å². The van der Waals surface area contributed by atoms with Crippen LogP contribution >= 0.6 is 11.3 Å². The minimum atomic E-state index is -0.397. The Hall–Kier alpha value is -2.75. The minimum Gasteiger partial charge on any atom is -0.466 e. The van der Waals surface area contributed by atoms with Gasteiger partial charge in [-0.15, -0.1) is 11.3 Å². The van der Waals surface area contributed by atoms with Crippen LogP contribution in [-0.4, -0.2) is 46.6 Å². The lowest BCUT2D eigenvalue weighted by Crippen LogP contribution is -2.38. The fourth-order valence-electron chi connectivity index (χ4n) is 3.62. The molecule has 0 atom stereocenters. The Kier molecular flexibility index (Phi) is 7.20. The van der Waals surface area contributed by atoms with Crippen LogP contribution in [0.1, 0.15) is 38.5 Å². The molecular weight excluding hydrogens is 406 g/mol. The molecule has 10 heteroatoms. The molecule has 9 nitrogen and oxygen atoms in total. The van der Waals surface area contributed by atoms with Gasteiger partial charge in [0.05, 0.1) is 24.0 Å². The second-order valence-corrected chi connectivity index (χ2v) is 8.47. The summed E-state index contributed by atoms with van der Waals surface area (Å²) in [5.74, 6) is 0.259. The highest BCUT2D eigenvalue weighted by molar-refractivity contribution is 7.09. The third-order valence-electron chi connectivity index (χ3n) is 5.18. The molecule has 1 saturated heterocycles. The highest BCUT2D eigenvalue weighted by Gasteiger charge is 2.34. The fourth-order valence-corrected chi connectivity index (χ4v) is 4.33. The molecule has 1 aliphatic heterocycles. The van der Waals surface area contributed by atoms with E-state index in [4.69, 9.17) is 4.74 Å². The van der Waals surface area contributed by atoms with Gasteiger partial charge in [0.1, 0.15) is 6.33 Å². The highest BCUT2D eigenvalue weighted by atomic mass is 32.1. The van der Waals surface area contributed by atoms with E-state index in [2.05, 4.69) is 9.97 Å². The van der Waals surface area contributed by atoms with Gasteiger partial charge in [0.25, 0.3) is 0 Å². The maximum absolute atomic E-state index is 12.1. The Morgan fingerprint density at radius 1 is 1.40 bits per heavy atom. The van der Waals surface area contributed by atoms with E-state index in [0.717, 1.165) is 4.88 Å². The van der Waals surface area contributed by atoms with Gasteiger partial charge in [-0.2, -0.15) is 0 Å². The Morgan fingerprint density at radius 2 is 2.13 bits per heavy atom. The number of ether oxygens (including phenoxy) is 1. The van der Waals surface area contributed by atoms with Gasteiger partial charge in [-0.25, -0.2) is 9.97 Å². The van der Waals surface area contributed by atoms with E-state index in [1.54, 1.807) is 18.3 Å². The van der Waals surface area contributed by atoms with Crippen molar-refractivity contribution in [3.8, 4) is 0 Å². The molecule has 0 saturated carbocycles. The second-order valence-electron chi connectivity index (χ2n) is 7.44. The first-order chi connectivity index (χ1) is 14.4. The van der Waals surface area contributed by atoms with Crippen molar-refractivity contribution >= 4 is 34.6 Å². The molecule has 0 aromatic carbocycles. The number of thiophene rings is 1. The Morgan fingerprint density at radius 3 is 2.70 bits per heavy atom. The zero-order chi connectivity index (χ0) is 21.7. The average molecular weight is 434 g/mol. The lowest BCUT2D eigenvalue weighted by atomic mass is 9.97. The van der Waals surface area contributed by atoms with Crippen molar-refractivity contribution in [3.63, 3.8) is 0 Å². The van der Waals surface area contributed by atoms with Crippen LogP contribution in [0.3, 0.4) is 0 Å². The van der Waals surface area contributed by atoms with Crippen LogP contribution in [0, 0.1) is 16.0 Å². The summed E-state index contributed by atoms with van der Waals surface area (Å²) >= 11 is 1.61. The third kappa shape index (κ3) is 4.86. The van der Waals surface area contributed by atoms with Crippen molar-refractivity contribution in [1.82, 2.24) is 9.97 Å². The number of hydrogen-bond acceptors (Lipinski definition) is 9. The summed E-state index contributed by atoms with van der Waals surface area (Å²) in [6, 6.07) is 3.99. The number of aromatic nitrogens is 2. The van der Waals surface area contributed by atoms with Crippen molar-refractivity contribution in [2.24, 2.45) is 5.92 Å². The molecular formula is C20H27N5O4S. The zero-order valence-electron chi connectivity index (χ0n) is 17.5. The first-order valence-corrected chi connectivity index (χ1v) is 11.0. The van der Waals surface area contributed by atoms with E-state index in [0.29, 0.717) is 50.7 Å². The number of nitro groups is 1. The number of piperidine rings is 1. The SMILES string of the molecule is CCOC(=O)C1CCN(c2ncnc(N(Cc3cccs3)C(C)C)c2[N+](=O)[O-])CC1. The van der Waals surface area contributed by atoms with E-state index >= 15 is 0 Å². The van der Waals surface area contributed by atoms with Crippen molar-refractivity contribution in [2.45, 2.75) is 46.2 Å². The van der Waals surface area contributed by atoms with Crippen molar-refractivity contribution in [3.05, 3.63) is 38.8 Å². The average Bonchev–Trinajstić information content (AvgIpc) is 3.25. The summed E-state index contributed by atoms with van der Waals surface area (Å²) < 4.78 is 5.11. The molecule has 0 aliphatic carbocycles. The Bertz CT molecular complexity index is 866. The molecule has 0 bridgehead atoms. The van der Waals surface area contributed by atoms with Crippen molar-refractivity contribution < 1.29 is 14.5 Å². The number of hydrogen-bond donors (Lipinski definition) is 0. The fraction of sp³-hybridized carbons (Fsp3) is 0.550. The van der Waals surface area contributed by atoms with E-state index in [1.807, 2.05) is 41.2 Å². The first-order valence-electron chi connectivity index (χ1n) is 10.1. The van der Waals surface area contributed by atoms with Gasteiger partial charge in [0, 0.05) is 24.0 Å². The predicted molar refractivity (Wildman–Crippen MR) is 116 cm³/mol. The number of nitrogens with zero attached hydrogens (tertiary/aromatic N) is 5. The topological polar surface area (TPSA) is 102 Å². The van der Waals surface area contributed by atoms with Gasteiger partial charge in [-0.05, 0) is 45.1 Å². The lowest BCUT2D eigenvalue weighted by Gasteiger charge is -2.32. The summed E-state index contributed by atoms with van der Waals surface area (Å²) in [7, 11) is 0. The molecule has 162 valence electrons. The first kappa shape index (κ1) is 21.9. The van der Waals surface area contributed by atoms with E-state index in [9.17, 15) is 14.9 Å². The molecule has 0 N–H and O–H groups in total. The smallest absolute Gasteiger partial charge is 0.353 e. The predicted octanol–water partition coefficient (Wildman–Crippen LogP) is 3.64. The zero-order valence-corrected chi connectivity index (χ0v) is 18.3. The molecule has 30 heavy (non-hydrogen) atoms. The van der Waals surface area contributed by atoms with Crippen LogP contribution in [0.4, 0.5) is 17.3 Å². The second kappa shape index (κ2) is 9.84. The lowest BCUT2D eigenvalue weighted by molar-refractivity contribution is -0.383. The van der Waals surface area contributed by atoms with Crippen LogP contribution in [-0.2, 0) is 16.1 Å². The van der Waals surface area contributed by atoms with E-state index in [1.165, 1.54) is 6.33 Å². The standard InChI is InChI=1S/C20H27N5O4S/c1-4-29-20(26)15-7-9-23(10-8-15)18-17(25(27)28)19(22-13-21-18)24(14(2)3)12-16-6-5-11-30-16/h5-6,11,13-15H,4,7-10,12H2,1-3H3. The number of anilines is 2. The molecule has 1 fully saturated rings. The number of esters is 1. The van der Waals surface area contributed by atoms with Crippen LogP contribution < -0.4 is 9.80 Å². The monoisotopic (exact) mass is 433 g/mol. The molecule has 1 aliphatic rings. The minimum absolute atomic E-state index is 0.0168. The molecule has 0 radical (unpaired) electrons. The molecule has 2 aromatic heterocycles. The van der Waals surface area contributed by atoms with Crippen molar-refractivity contribution in [2.75, 3.05) is 29.5 Å². The summed E-state index contributed by atoms with van der Waals surface area (Å²) in [6.07, 6.45) is 2.55. The third-order valence-corrected chi connectivity index (χ3v) is 6.04. The van der Waals surface area contributed by atoms with E-state index < -0.39 is 4.92 Å². The normalized spacial score (nSPS) is 14.7. The quantitative estimate of drug-likeness (QED) is 0.353. The molecule has 0 unspecified atom stereocenters. The number of carbonyl (C=O) groups is 1. The summed E-state index contributed by atoms with van der Waals surface area (Å²) in [5.41, 5.74) is -0.0858. The van der Waals surface area contributed by atoms with Gasteiger partial charge in [-0.1, -0.05) is 6.07 Å². The van der Waals surface area contributed by atoms with Gasteiger partial charge in [0.15, 0.2) is 0 Å². The van der Waals surface area contributed by atoms with Gasteiger partial charge >= 0.3 is 11.7 Å².